The molecule has 1 atom stereocenters. The van der Waals surface area contributed by atoms with Crippen LogP contribution in [0.2, 0.25) is 0 Å². The van der Waals surface area contributed by atoms with E-state index >= 15 is 0 Å². The van der Waals surface area contributed by atoms with Crippen molar-refractivity contribution in [3.8, 4) is 6.07 Å². The van der Waals surface area contributed by atoms with Gasteiger partial charge < -0.3 is 4.85 Å². The number of benzene rings is 1. The zero-order chi connectivity index (χ0) is 11.8. The van der Waals surface area contributed by atoms with E-state index in [4.69, 9.17) is 11.8 Å². The first-order chi connectivity index (χ1) is 7.63. The van der Waals surface area contributed by atoms with Gasteiger partial charge in [-0.25, -0.2) is 11.8 Å². The molecule has 0 saturated heterocycles. The van der Waals surface area contributed by atoms with Gasteiger partial charge in [0.15, 0.2) is 0 Å². The molecule has 1 unspecified atom stereocenters. The molecule has 1 aromatic rings. The zero-order valence-corrected chi connectivity index (χ0v) is 12.7. The number of nitrogens with zero attached hydrogens (tertiary/aromatic N) is 2. The summed E-state index contributed by atoms with van der Waals surface area (Å²) >= 11 is 0. The third-order valence-corrected chi connectivity index (χ3v) is 3.11. The van der Waals surface area contributed by atoms with E-state index in [1.807, 2.05) is 37.3 Å². The van der Waals surface area contributed by atoms with Gasteiger partial charge in [-0.15, -0.1) is 6.92 Å². The summed E-state index contributed by atoms with van der Waals surface area (Å²) in [6, 6.07) is 9.94. The molecule has 1 radical (unpaired) electrons. The third kappa shape index (κ3) is 2.04. The Kier molecular flexibility index (Phi) is 4.15. The summed E-state index contributed by atoms with van der Waals surface area (Å²) in [5.74, 6) is 0.527. The van der Waals surface area contributed by atoms with Crippen molar-refractivity contribution in [2.75, 3.05) is 0 Å². The van der Waals surface area contributed by atoms with Crippen LogP contribution in [0.4, 0.5) is 0 Å². The van der Waals surface area contributed by atoms with Crippen molar-refractivity contribution < 1.29 is 32.7 Å². The Morgan fingerprint density at radius 2 is 2.06 bits per heavy atom. The first-order valence-corrected chi connectivity index (χ1v) is 5.08. The molecule has 0 bridgehead atoms. The summed E-state index contributed by atoms with van der Waals surface area (Å²) in [6.45, 7) is 11.1. The summed E-state index contributed by atoms with van der Waals surface area (Å²) in [5.41, 5.74) is 2.22. The van der Waals surface area contributed by atoms with Gasteiger partial charge in [0.25, 0.3) is 0 Å². The minimum Gasteiger partial charge on any atom is -0.319 e. The average Bonchev–Trinajstić information content (AvgIpc) is 2.34. The Labute approximate surface area is 127 Å². The van der Waals surface area contributed by atoms with E-state index in [-0.39, 0.29) is 32.7 Å². The van der Waals surface area contributed by atoms with Crippen molar-refractivity contribution in [3.63, 3.8) is 0 Å². The van der Waals surface area contributed by atoms with Crippen LogP contribution in [0, 0.1) is 23.8 Å². The Hall–Kier alpha value is -1.09. The van der Waals surface area contributed by atoms with Gasteiger partial charge in [0.2, 0.25) is 5.54 Å². The second-order valence-corrected chi connectivity index (χ2v) is 4.08. The smallest absolute Gasteiger partial charge is 0.229 e. The van der Waals surface area contributed by atoms with Gasteiger partial charge in [-0.2, -0.15) is 11.6 Å². The van der Waals surface area contributed by atoms with Gasteiger partial charge >= 0.3 is 0 Å². The third-order valence-electron chi connectivity index (χ3n) is 3.11. The molecule has 17 heavy (non-hydrogen) atoms. The van der Waals surface area contributed by atoms with Crippen LogP contribution in [-0.4, -0.2) is 0 Å². The van der Waals surface area contributed by atoms with E-state index < -0.39 is 5.54 Å². The second-order valence-electron chi connectivity index (χ2n) is 4.08. The SMILES string of the molecule is [C-]#[N+]C1(C)c2ccccc2C(C)=C[C-]1C#N.[Y]. The van der Waals surface area contributed by atoms with Gasteiger partial charge in [0, 0.05) is 51.3 Å². The summed E-state index contributed by atoms with van der Waals surface area (Å²) in [7, 11) is 0. The fourth-order valence-corrected chi connectivity index (χ4v) is 2.09. The standard InChI is InChI=1S/C14H11N2.Y/c1-10-8-11(9-15)14(2,16-3)13-7-5-4-6-12(10)13;/h4-8H,1-2H3;/q-1;. The van der Waals surface area contributed by atoms with Gasteiger partial charge in [0.05, 0.1) is 0 Å². The molecule has 0 fully saturated rings. The fourth-order valence-electron chi connectivity index (χ4n) is 2.09. The Balaban J connectivity index is 0.00000144. The number of allylic oxidation sites excluding steroid dienone is 1. The molecule has 1 aliphatic rings. The van der Waals surface area contributed by atoms with E-state index in [1.165, 1.54) is 0 Å². The molecule has 1 aromatic carbocycles. The number of fused-ring (bicyclic) bond motifs is 1. The molecule has 0 heterocycles. The zero-order valence-electron chi connectivity index (χ0n) is 9.86. The Morgan fingerprint density at radius 3 is 2.65 bits per heavy atom. The van der Waals surface area contributed by atoms with E-state index in [9.17, 15) is 0 Å². The number of rotatable bonds is 0. The average molecular weight is 296 g/mol. The Morgan fingerprint density at radius 1 is 1.41 bits per heavy atom. The molecule has 2 nitrogen and oxygen atoms in total. The molecular weight excluding hydrogens is 285 g/mol. The quantitative estimate of drug-likeness (QED) is 0.675. The number of hydrogen-bond donors (Lipinski definition) is 0. The van der Waals surface area contributed by atoms with Gasteiger partial charge in [-0.1, -0.05) is 29.8 Å². The van der Waals surface area contributed by atoms with E-state index in [2.05, 4.69) is 10.9 Å². The second kappa shape index (κ2) is 5.05. The van der Waals surface area contributed by atoms with Gasteiger partial charge in [0.1, 0.15) is 0 Å². The van der Waals surface area contributed by atoms with Crippen LogP contribution in [-0.2, 0) is 38.2 Å². The minimum atomic E-state index is -0.829. The largest absolute Gasteiger partial charge is 0.319 e. The van der Waals surface area contributed by atoms with Crippen molar-refractivity contribution in [2.24, 2.45) is 0 Å². The topological polar surface area (TPSA) is 28.1 Å². The molecule has 0 aromatic heterocycles. The molecule has 2 rings (SSSR count). The first-order valence-electron chi connectivity index (χ1n) is 5.08. The first kappa shape index (κ1) is 14.0. The summed E-state index contributed by atoms with van der Waals surface area (Å²) in [6.07, 6.45) is 1.82. The van der Waals surface area contributed by atoms with E-state index in [1.54, 1.807) is 6.92 Å². The molecule has 0 amide bonds. The van der Waals surface area contributed by atoms with Crippen LogP contribution in [0.1, 0.15) is 25.0 Å². The fraction of sp³-hybridized carbons (Fsp3) is 0.214. The van der Waals surface area contributed by atoms with Crippen LogP contribution in [0.25, 0.3) is 10.4 Å². The maximum absolute atomic E-state index is 9.13. The van der Waals surface area contributed by atoms with Crippen molar-refractivity contribution in [1.82, 2.24) is 0 Å². The van der Waals surface area contributed by atoms with Crippen molar-refractivity contribution in [2.45, 2.75) is 19.4 Å². The molecule has 0 aliphatic heterocycles. The summed E-state index contributed by atoms with van der Waals surface area (Å²) < 4.78 is 0. The predicted molar refractivity (Wildman–Crippen MR) is 62.9 cm³/mol. The van der Waals surface area contributed by atoms with Crippen molar-refractivity contribution in [3.05, 3.63) is 58.8 Å². The summed E-state index contributed by atoms with van der Waals surface area (Å²) in [4.78, 5) is 3.65. The minimum absolute atomic E-state index is 0. The Bertz CT molecular complexity index is 548. The normalized spacial score (nSPS) is 21.4. The van der Waals surface area contributed by atoms with Crippen LogP contribution in [0.15, 0.2) is 30.3 Å². The van der Waals surface area contributed by atoms with Crippen LogP contribution in [0.5, 0.6) is 0 Å². The van der Waals surface area contributed by atoms with Crippen molar-refractivity contribution >= 4 is 5.57 Å². The number of nitriles is 1. The maximum atomic E-state index is 9.13. The van der Waals surface area contributed by atoms with Crippen molar-refractivity contribution in [1.29, 1.82) is 5.26 Å². The number of hydrogen-bond acceptors (Lipinski definition) is 1. The molecular formula is C14H11N2Y-. The maximum Gasteiger partial charge on any atom is 0.229 e. The van der Waals surface area contributed by atoms with Crippen LogP contribution >= 0.6 is 0 Å². The summed E-state index contributed by atoms with van der Waals surface area (Å²) in [5, 5.41) is 9.13. The van der Waals surface area contributed by atoms with Gasteiger partial charge in [-0.3, -0.25) is 0 Å². The predicted octanol–water partition coefficient (Wildman–Crippen LogP) is 3.33. The molecule has 0 spiro atoms. The molecule has 0 saturated carbocycles. The van der Waals surface area contributed by atoms with Crippen LogP contribution in [0.3, 0.4) is 0 Å². The molecule has 0 N–H and O–H groups in total. The van der Waals surface area contributed by atoms with E-state index in [0.717, 1.165) is 16.7 Å². The van der Waals surface area contributed by atoms with Crippen LogP contribution < -0.4 is 0 Å². The van der Waals surface area contributed by atoms with Gasteiger partial charge in [-0.05, 0) is 5.92 Å². The monoisotopic (exact) mass is 296 g/mol. The van der Waals surface area contributed by atoms with E-state index in [0.29, 0.717) is 5.92 Å². The molecule has 81 valence electrons. The molecule has 1 aliphatic carbocycles. The molecule has 3 heteroatoms.